The third-order valence-electron chi connectivity index (χ3n) is 5.50. The van der Waals surface area contributed by atoms with E-state index in [1.54, 1.807) is 7.11 Å². The van der Waals surface area contributed by atoms with Crippen LogP contribution in [-0.4, -0.2) is 35.4 Å². The Morgan fingerprint density at radius 2 is 2.26 bits per heavy atom. The van der Waals surface area contributed by atoms with Crippen molar-refractivity contribution >= 4 is 0 Å². The van der Waals surface area contributed by atoms with Crippen LogP contribution in [0.1, 0.15) is 49.7 Å². The van der Waals surface area contributed by atoms with E-state index in [4.69, 9.17) is 14.2 Å². The van der Waals surface area contributed by atoms with Crippen molar-refractivity contribution in [2.45, 2.75) is 64.4 Å². The summed E-state index contributed by atoms with van der Waals surface area (Å²) in [6.07, 6.45) is 7.14. The van der Waals surface area contributed by atoms with Crippen molar-refractivity contribution < 1.29 is 14.2 Å². The van der Waals surface area contributed by atoms with Crippen LogP contribution in [0.3, 0.4) is 0 Å². The monoisotopic (exact) mass is 371 g/mol. The minimum Gasteiger partial charge on any atom is -0.497 e. The molecule has 3 atom stereocenters. The third-order valence-corrected chi connectivity index (χ3v) is 5.50. The highest BCUT2D eigenvalue weighted by atomic mass is 16.5. The number of rotatable bonds is 6. The molecular formula is C21H29N3O3. The zero-order chi connectivity index (χ0) is 18.8. The van der Waals surface area contributed by atoms with Crippen LogP contribution >= 0.6 is 0 Å². The number of fused-ring (bicyclic) bond motifs is 1. The lowest BCUT2D eigenvalue weighted by molar-refractivity contribution is -0.0182. The van der Waals surface area contributed by atoms with Crippen LogP contribution in [-0.2, 0) is 24.2 Å². The number of methoxy groups -OCH3 is 1. The van der Waals surface area contributed by atoms with Gasteiger partial charge in [-0.05, 0) is 38.8 Å². The first kappa shape index (κ1) is 18.3. The average Bonchev–Trinajstić information content (AvgIpc) is 3.31. The van der Waals surface area contributed by atoms with Gasteiger partial charge in [-0.15, -0.1) is 0 Å². The highest BCUT2D eigenvalue weighted by Gasteiger charge is 2.31. The number of aromatic nitrogens is 2. The van der Waals surface area contributed by atoms with Crippen LogP contribution in [0.25, 0.3) is 0 Å². The maximum absolute atomic E-state index is 6.12. The Hall–Kier alpha value is -2.05. The van der Waals surface area contributed by atoms with E-state index in [1.165, 1.54) is 5.56 Å². The van der Waals surface area contributed by atoms with Gasteiger partial charge in [0.05, 0.1) is 7.11 Å². The first-order chi connectivity index (χ1) is 13.2. The van der Waals surface area contributed by atoms with Crippen LogP contribution < -0.4 is 14.8 Å². The summed E-state index contributed by atoms with van der Waals surface area (Å²) < 4.78 is 19.8. The predicted octanol–water partition coefficient (Wildman–Crippen LogP) is 3.24. The molecule has 4 rings (SSSR count). The number of nitrogens with zero attached hydrogens (tertiary/aromatic N) is 2. The van der Waals surface area contributed by atoms with Crippen molar-refractivity contribution in [3.63, 3.8) is 0 Å². The lowest BCUT2D eigenvalue weighted by Gasteiger charge is -2.32. The van der Waals surface area contributed by atoms with E-state index >= 15 is 0 Å². The second kappa shape index (κ2) is 7.90. The zero-order valence-corrected chi connectivity index (χ0v) is 16.4. The average molecular weight is 371 g/mol. The number of ether oxygens (including phenoxy) is 3. The Labute approximate surface area is 160 Å². The fraction of sp³-hybridized carbons (Fsp3) is 0.571. The standard InChI is InChI=1S/C21H29N3O3/c1-4-24-8-7-22-21(24)20-18(6-5-9-26-20)23-13-16-12-17(25-3)11-15-10-14(2)27-19(15)16/h7-8,11-12,14,18,20,23H,4-6,9-10,13H2,1-3H3/t14?,18-,20-/m0/s1. The van der Waals surface area contributed by atoms with Gasteiger partial charge in [0.2, 0.25) is 0 Å². The van der Waals surface area contributed by atoms with Gasteiger partial charge in [-0.2, -0.15) is 0 Å². The van der Waals surface area contributed by atoms with Crippen LogP contribution in [0.2, 0.25) is 0 Å². The molecule has 1 unspecified atom stereocenters. The van der Waals surface area contributed by atoms with E-state index in [2.05, 4.69) is 40.8 Å². The molecule has 2 aliphatic heterocycles. The highest BCUT2D eigenvalue weighted by Crippen LogP contribution is 2.36. The number of imidazole rings is 1. The Kier molecular flexibility index (Phi) is 5.36. The number of hydrogen-bond donors (Lipinski definition) is 1. The molecule has 2 aliphatic rings. The Balaban J connectivity index is 1.53. The molecule has 2 aromatic rings. The Morgan fingerprint density at radius 3 is 3.07 bits per heavy atom. The van der Waals surface area contributed by atoms with Crippen molar-refractivity contribution in [2.75, 3.05) is 13.7 Å². The Bertz CT molecular complexity index is 789. The smallest absolute Gasteiger partial charge is 0.139 e. The lowest BCUT2D eigenvalue weighted by atomic mass is 10.0. The van der Waals surface area contributed by atoms with Crippen molar-refractivity contribution in [1.29, 1.82) is 0 Å². The summed E-state index contributed by atoms with van der Waals surface area (Å²) in [6, 6.07) is 4.40. The number of benzene rings is 1. The van der Waals surface area contributed by atoms with Crippen LogP contribution in [0.15, 0.2) is 24.5 Å². The molecule has 6 nitrogen and oxygen atoms in total. The first-order valence-electron chi connectivity index (χ1n) is 9.92. The van der Waals surface area contributed by atoms with E-state index in [1.807, 2.05) is 12.4 Å². The first-order valence-corrected chi connectivity index (χ1v) is 9.92. The van der Waals surface area contributed by atoms with E-state index in [0.29, 0.717) is 0 Å². The summed E-state index contributed by atoms with van der Waals surface area (Å²) >= 11 is 0. The van der Waals surface area contributed by atoms with Gasteiger partial charge in [0.15, 0.2) is 0 Å². The SMILES string of the molecule is CCn1ccnc1[C@H]1OCCC[C@@H]1NCc1cc(OC)cc2c1OC(C)C2. The quantitative estimate of drug-likeness (QED) is 0.845. The molecule has 0 amide bonds. The molecule has 0 bridgehead atoms. The molecule has 0 aliphatic carbocycles. The maximum atomic E-state index is 6.12. The zero-order valence-electron chi connectivity index (χ0n) is 16.4. The van der Waals surface area contributed by atoms with Gasteiger partial charge < -0.3 is 24.1 Å². The van der Waals surface area contributed by atoms with Gasteiger partial charge in [-0.25, -0.2) is 4.98 Å². The van der Waals surface area contributed by atoms with Crippen molar-refractivity contribution in [3.05, 3.63) is 41.5 Å². The summed E-state index contributed by atoms with van der Waals surface area (Å²) in [7, 11) is 1.72. The van der Waals surface area contributed by atoms with E-state index < -0.39 is 0 Å². The number of nitrogens with one attached hydrogen (secondary N) is 1. The topological polar surface area (TPSA) is 57.5 Å². The second-order valence-electron chi connectivity index (χ2n) is 7.40. The summed E-state index contributed by atoms with van der Waals surface area (Å²) in [6.45, 7) is 6.66. The molecule has 0 saturated carbocycles. The Morgan fingerprint density at radius 1 is 1.37 bits per heavy atom. The molecule has 3 heterocycles. The van der Waals surface area contributed by atoms with Gasteiger partial charge >= 0.3 is 0 Å². The minimum absolute atomic E-state index is 0.0211. The molecule has 1 fully saturated rings. The third kappa shape index (κ3) is 3.69. The van der Waals surface area contributed by atoms with Gasteiger partial charge in [0.1, 0.15) is 29.5 Å². The summed E-state index contributed by atoms with van der Waals surface area (Å²) in [4.78, 5) is 4.56. The molecule has 1 N–H and O–H groups in total. The van der Waals surface area contributed by atoms with Crippen molar-refractivity contribution in [3.8, 4) is 11.5 Å². The largest absolute Gasteiger partial charge is 0.497 e. The van der Waals surface area contributed by atoms with Gasteiger partial charge in [0.25, 0.3) is 0 Å². The lowest BCUT2D eigenvalue weighted by Crippen LogP contribution is -2.40. The molecule has 1 saturated heterocycles. The molecule has 146 valence electrons. The van der Waals surface area contributed by atoms with Crippen LogP contribution in [0.5, 0.6) is 11.5 Å². The van der Waals surface area contributed by atoms with E-state index in [9.17, 15) is 0 Å². The predicted molar refractivity (Wildman–Crippen MR) is 103 cm³/mol. The minimum atomic E-state index is -0.0211. The van der Waals surface area contributed by atoms with Crippen molar-refractivity contribution in [2.24, 2.45) is 0 Å². The summed E-state index contributed by atoms with van der Waals surface area (Å²) in [5, 5.41) is 3.71. The summed E-state index contributed by atoms with van der Waals surface area (Å²) in [5.74, 6) is 2.91. The van der Waals surface area contributed by atoms with Gasteiger partial charge in [0, 0.05) is 55.7 Å². The van der Waals surface area contributed by atoms with Gasteiger partial charge in [-0.1, -0.05) is 0 Å². The normalized spacial score (nSPS) is 24.5. The highest BCUT2D eigenvalue weighted by molar-refractivity contribution is 5.49. The summed E-state index contributed by atoms with van der Waals surface area (Å²) in [5.41, 5.74) is 2.38. The molecule has 0 spiro atoms. The van der Waals surface area contributed by atoms with E-state index in [-0.39, 0.29) is 18.2 Å². The maximum Gasteiger partial charge on any atom is 0.139 e. The van der Waals surface area contributed by atoms with Crippen LogP contribution in [0.4, 0.5) is 0 Å². The fourth-order valence-corrected chi connectivity index (χ4v) is 4.16. The molecule has 1 aromatic heterocycles. The molecule has 27 heavy (non-hydrogen) atoms. The molecule has 0 radical (unpaired) electrons. The van der Waals surface area contributed by atoms with Gasteiger partial charge in [-0.3, -0.25) is 0 Å². The van der Waals surface area contributed by atoms with E-state index in [0.717, 1.165) is 61.8 Å². The fourth-order valence-electron chi connectivity index (χ4n) is 4.16. The molecular weight excluding hydrogens is 342 g/mol. The molecule has 1 aromatic carbocycles. The van der Waals surface area contributed by atoms with Crippen LogP contribution in [0, 0.1) is 0 Å². The van der Waals surface area contributed by atoms with Crippen molar-refractivity contribution in [1.82, 2.24) is 14.9 Å². The second-order valence-corrected chi connectivity index (χ2v) is 7.40. The molecule has 6 heteroatoms. The number of hydrogen-bond acceptors (Lipinski definition) is 5. The number of aryl methyl sites for hydroxylation is 1.